The van der Waals surface area contributed by atoms with Crippen LogP contribution < -0.4 is 15.4 Å². The van der Waals surface area contributed by atoms with Crippen molar-refractivity contribution < 1.29 is 9.53 Å². The molecule has 0 aliphatic heterocycles. The molecule has 1 amide bonds. The van der Waals surface area contributed by atoms with E-state index in [1.165, 1.54) is 11.8 Å². The van der Waals surface area contributed by atoms with E-state index in [1.807, 2.05) is 24.3 Å². The van der Waals surface area contributed by atoms with E-state index in [1.54, 1.807) is 31.4 Å². The van der Waals surface area contributed by atoms with Gasteiger partial charge < -0.3 is 15.4 Å². The Morgan fingerprint density at radius 3 is 2.52 bits per heavy atom. The highest BCUT2D eigenvalue weighted by atomic mass is 16.5. The first kappa shape index (κ1) is 18.1. The minimum absolute atomic E-state index is 0.0375. The van der Waals surface area contributed by atoms with Gasteiger partial charge in [-0.15, -0.1) is 0 Å². The predicted octanol–water partition coefficient (Wildman–Crippen LogP) is 3.26. The Bertz CT molecular complexity index is 747. The number of nitrogens with zero attached hydrogens (tertiary/aromatic N) is 1. The number of nitriles is 1. The van der Waals surface area contributed by atoms with Gasteiger partial charge in [-0.1, -0.05) is 30.3 Å². The van der Waals surface area contributed by atoms with Crippen molar-refractivity contribution in [1.82, 2.24) is 5.32 Å². The van der Waals surface area contributed by atoms with Gasteiger partial charge in [-0.2, -0.15) is 5.26 Å². The second-order valence-electron chi connectivity index (χ2n) is 5.40. The van der Waals surface area contributed by atoms with Crippen LogP contribution in [0.25, 0.3) is 0 Å². The molecule has 128 valence electrons. The Balaban J connectivity index is 1.80. The van der Waals surface area contributed by atoms with E-state index in [2.05, 4.69) is 22.8 Å². The fraction of sp³-hybridized carbons (Fsp3) is 0.200. The third-order valence-electron chi connectivity index (χ3n) is 3.59. The van der Waals surface area contributed by atoms with E-state index in [0.29, 0.717) is 18.0 Å². The second-order valence-corrected chi connectivity index (χ2v) is 5.40. The zero-order valence-corrected chi connectivity index (χ0v) is 14.2. The molecule has 2 N–H and O–H groups in total. The maximum atomic E-state index is 12.1. The molecule has 2 aromatic carbocycles. The quantitative estimate of drug-likeness (QED) is 0.441. The van der Waals surface area contributed by atoms with Gasteiger partial charge in [-0.3, -0.25) is 4.79 Å². The Morgan fingerprint density at radius 1 is 1.16 bits per heavy atom. The third kappa shape index (κ3) is 6.04. The lowest BCUT2D eigenvalue weighted by atomic mass is 10.1. The van der Waals surface area contributed by atoms with Crippen LogP contribution in [0.1, 0.15) is 12.0 Å². The Kier molecular flexibility index (Phi) is 7.08. The minimum Gasteiger partial charge on any atom is -0.497 e. The number of methoxy groups -OCH3 is 1. The highest BCUT2D eigenvalue weighted by Gasteiger charge is 2.09. The van der Waals surface area contributed by atoms with Crippen molar-refractivity contribution in [2.75, 3.05) is 19.0 Å². The SMILES string of the molecule is COc1ccc(NC(=O)/C(C#N)=C\NCCCc2ccccc2)cc1. The Labute approximate surface area is 147 Å². The molecule has 0 radical (unpaired) electrons. The van der Waals surface area contributed by atoms with Gasteiger partial charge in [-0.25, -0.2) is 0 Å². The van der Waals surface area contributed by atoms with Crippen LogP contribution in [0, 0.1) is 11.3 Å². The number of nitrogens with one attached hydrogen (secondary N) is 2. The zero-order valence-electron chi connectivity index (χ0n) is 14.2. The van der Waals surface area contributed by atoms with Crippen LogP contribution in [-0.2, 0) is 11.2 Å². The van der Waals surface area contributed by atoms with Crippen LogP contribution in [-0.4, -0.2) is 19.6 Å². The van der Waals surface area contributed by atoms with E-state index < -0.39 is 5.91 Å². The van der Waals surface area contributed by atoms with Crippen molar-refractivity contribution in [2.45, 2.75) is 12.8 Å². The third-order valence-corrected chi connectivity index (χ3v) is 3.59. The normalized spacial score (nSPS) is 10.6. The molecule has 0 aliphatic rings. The maximum Gasteiger partial charge on any atom is 0.267 e. The number of carbonyl (C=O) groups is 1. The highest BCUT2D eigenvalue weighted by molar-refractivity contribution is 6.06. The molecular weight excluding hydrogens is 314 g/mol. The van der Waals surface area contributed by atoms with Crippen LogP contribution in [0.15, 0.2) is 66.4 Å². The van der Waals surface area contributed by atoms with Crippen LogP contribution in [0.5, 0.6) is 5.75 Å². The second kappa shape index (κ2) is 9.78. The summed E-state index contributed by atoms with van der Waals surface area (Å²) in [6, 6.07) is 19.0. The summed E-state index contributed by atoms with van der Waals surface area (Å²) in [5.41, 5.74) is 1.91. The zero-order chi connectivity index (χ0) is 17.9. The number of anilines is 1. The molecule has 0 fully saturated rings. The maximum absolute atomic E-state index is 12.1. The number of hydrogen-bond acceptors (Lipinski definition) is 4. The molecule has 0 saturated heterocycles. The van der Waals surface area contributed by atoms with Crippen molar-refractivity contribution >= 4 is 11.6 Å². The summed E-state index contributed by atoms with van der Waals surface area (Å²) in [5, 5.41) is 14.9. The summed E-state index contributed by atoms with van der Waals surface area (Å²) < 4.78 is 5.06. The summed E-state index contributed by atoms with van der Waals surface area (Å²) in [7, 11) is 1.58. The van der Waals surface area contributed by atoms with Crippen molar-refractivity contribution in [3.8, 4) is 11.8 Å². The molecule has 0 spiro atoms. The van der Waals surface area contributed by atoms with E-state index in [0.717, 1.165) is 12.8 Å². The van der Waals surface area contributed by atoms with Crippen LogP contribution >= 0.6 is 0 Å². The summed E-state index contributed by atoms with van der Waals surface area (Å²) in [5.74, 6) is 0.261. The van der Waals surface area contributed by atoms with Gasteiger partial charge in [0.2, 0.25) is 0 Å². The van der Waals surface area contributed by atoms with Gasteiger partial charge in [-0.05, 0) is 42.7 Å². The van der Waals surface area contributed by atoms with Gasteiger partial charge in [0.1, 0.15) is 17.4 Å². The van der Waals surface area contributed by atoms with E-state index >= 15 is 0 Å². The first-order valence-corrected chi connectivity index (χ1v) is 8.06. The molecule has 2 rings (SSSR count). The summed E-state index contributed by atoms with van der Waals surface area (Å²) in [6.07, 6.45) is 3.32. The summed E-state index contributed by atoms with van der Waals surface area (Å²) in [4.78, 5) is 12.1. The average Bonchev–Trinajstić information content (AvgIpc) is 2.66. The number of aryl methyl sites for hydroxylation is 1. The number of carbonyl (C=O) groups excluding carboxylic acids is 1. The number of benzene rings is 2. The number of ether oxygens (including phenoxy) is 1. The summed E-state index contributed by atoms with van der Waals surface area (Å²) >= 11 is 0. The molecule has 25 heavy (non-hydrogen) atoms. The van der Waals surface area contributed by atoms with Gasteiger partial charge in [0.25, 0.3) is 5.91 Å². The molecular formula is C20H21N3O2. The molecule has 0 atom stereocenters. The lowest BCUT2D eigenvalue weighted by Crippen LogP contribution is -2.17. The highest BCUT2D eigenvalue weighted by Crippen LogP contribution is 2.15. The molecule has 0 bridgehead atoms. The lowest BCUT2D eigenvalue weighted by Gasteiger charge is -2.06. The van der Waals surface area contributed by atoms with Gasteiger partial charge in [0.15, 0.2) is 0 Å². The molecule has 2 aromatic rings. The summed E-state index contributed by atoms with van der Waals surface area (Å²) in [6.45, 7) is 0.690. The standard InChI is InChI=1S/C20H21N3O2/c1-25-19-11-9-18(10-12-19)23-20(24)17(14-21)15-22-13-5-8-16-6-3-2-4-7-16/h2-4,6-7,9-12,15,22H,5,8,13H2,1H3,(H,23,24)/b17-15-. The van der Waals surface area contributed by atoms with E-state index in [4.69, 9.17) is 10.00 Å². The molecule has 0 unspecified atom stereocenters. The lowest BCUT2D eigenvalue weighted by molar-refractivity contribution is -0.112. The minimum atomic E-state index is -0.441. The molecule has 0 heterocycles. The molecule has 5 nitrogen and oxygen atoms in total. The van der Waals surface area contributed by atoms with E-state index in [-0.39, 0.29) is 5.57 Å². The monoisotopic (exact) mass is 335 g/mol. The van der Waals surface area contributed by atoms with Gasteiger partial charge in [0, 0.05) is 18.4 Å². The van der Waals surface area contributed by atoms with E-state index in [9.17, 15) is 4.79 Å². The molecule has 0 aromatic heterocycles. The topological polar surface area (TPSA) is 74.1 Å². The van der Waals surface area contributed by atoms with Crippen LogP contribution in [0.2, 0.25) is 0 Å². The molecule has 5 heteroatoms. The van der Waals surface area contributed by atoms with Crippen molar-refractivity contribution in [2.24, 2.45) is 0 Å². The fourth-order valence-electron chi connectivity index (χ4n) is 2.23. The van der Waals surface area contributed by atoms with Crippen molar-refractivity contribution in [3.05, 3.63) is 71.9 Å². The predicted molar refractivity (Wildman–Crippen MR) is 98.1 cm³/mol. The fourth-order valence-corrected chi connectivity index (χ4v) is 2.23. The Hall–Kier alpha value is -3.26. The number of amides is 1. The largest absolute Gasteiger partial charge is 0.497 e. The van der Waals surface area contributed by atoms with Crippen molar-refractivity contribution in [3.63, 3.8) is 0 Å². The smallest absolute Gasteiger partial charge is 0.267 e. The van der Waals surface area contributed by atoms with Gasteiger partial charge >= 0.3 is 0 Å². The van der Waals surface area contributed by atoms with Gasteiger partial charge in [0.05, 0.1) is 7.11 Å². The van der Waals surface area contributed by atoms with Crippen LogP contribution in [0.3, 0.4) is 0 Å². The first-order chi connectivity index (χ1) is 12.2. The average molecular weight is 335 g/mol. The Morgan fingerprint density at radius 2 is 1.88 bits per heavy atom. The number of hydrogen-bond donors (Lipinski definition) is 2. The first-order valence-electron chi connectivity index (χ1n) is 8.06. The molecule has 0 saturated carbocycles. The van der Waals surface area contributed by atoms with Crippen LogP contribution in [0.4, 0.5) is 5.69 Å². The van der Waals surface area contributed by atoms with Crippen molar-refractivity contribution in [1.29, 1.82) is 5.26 Å². The number of rotatable bonds is 8. The molecule has 0 aliphatic carbocycles.